The number of amides is 1. The number of aliphatic hydroxyl groups excluding tert-OH is 1. The molecule has 1 aromatic carbocycles. The first-order valence-electron chi connectivity index (χ1n) is 11.5. The van der Waals surface area contributed by atoms with Gasteiger partial charge in [-0.05, 0) is 36.4 Å². The highest BCUT2D eigenvalue weighted by atomic mass is 16.5. The third-order valence-electron chi connectivity index (χ3n) is 6.10. The minimum absolute atomic E-state index is 0.184. The maximum Gasteiger partial charge on any atom is 0.255 e. The van der Waals surface area contributed by atoms with Crippen molar-refractivity contribution < 1.29 is 19.4 Å². The maximum absolute atomic E-state index is 12.4. The normalized spacial score (nSPS) is 18.7. The summed E-state index contributed by atoms with van der Waals surface area (Å²) in [5.41, 5.74) is 1.22. The lowest BCUT2D eigenvalue weighted by molar-refractivity contribution is 0.00655. The summed E-state index contributed by atoms with van der Waals surface area (Å²) < 4.78 is 10.5. The van der Waals surface area contributed by atoms with E-state index in [0.717, 1.165) is 58.3 Å². The number of aromatic nitrogens is 1. The molecule has 2 saturated heterocycles. The number of hydrogen-bond donors (Lipinski definition) is 2. The molecule has 0 radical (unpaired) electrons. The van der Waals surface area contributed by atoms with Crippen LogP contribution in [0.15, 0.2) is 42.6 Å². The summed E-state index contributed by atoms with van der Waals surface area (Å²) in [6.07, 6.45) is 1.34. The standard InChI is InChI=1S/C24H33N5O4/c1-32-22-5-2-19(3-6-22)24(31)26-20-4-7-23(25-16-20)29-10-8-27(9-11-29)17-21(30)18-28-12-14-33-15-13-28/h2-7,16,21,30H,8-15,17-18H2,1H3,(H,26,31). The van der Waals surface area contributed by atoms with Crippen LogP contribution in [0, 0.1) is 0 Å². The number of ether oxygens (including phenoxy) is 2. The average molecular weight is 456 g/mol. The molecule has 4 rings (SSSR count). The molecule has 1 amide bonds. The number of aliphatic hydroxyl groups is 1. The van der Waals surface area contributed by atoms with Gasteiger partial charge in [-0.25, -0.2) is 4.98 Å². The summed E-state index contributed by atoms with van der Waals surface area (Å²) in [6.45, 7) is 8.17. The zero-order chi connectivity index (χ0) is 23.0. The van der Waals surface area contributed by atoms with E-state index >= 15 is 0 Å². The molecule has 0 saturated carbocycles. The molecule has 0 bridgehead atoms. The van der Waals surface area contributed by atoms with Crippen molar-refractivity contribution in [1.29, 1.82) is 0 Å². The minimum atomic E-state index is -0.346. The van der Waals surface area contributed by atoms with E-state index in [1.165, 1.54) is 0 Å². The Bertz CT molecular complexity index is 879. The zero-order valence-corrected chi connectivity index (χ0v) is 19.2. The minimum Gasteiger partial charge on any atom is -0.497 e. The fraction of sp³-hybridized carbons (Fsp3) is 0.500. The highest BCUT2D eigenvalue weighted by molar-refractivity contribution is 6.04. The third-order valence-corrected chi connectivity index (χ3v) is 6.10. The molecule has 2 aliphatic rings. The summed E-state index contributed by atoms with van der Waals surface area (Å²) >= 11 is 0. The number of morpholine rings is 1. The van der Waals surface area contributed by atoms with Crippen molar-refractivity contribution in [3.63, 3.8) is 0 Å². The van der Waals surface area contributed by atoms with E-state index in [9.17, 15) is 9.90 Å². The van der Waals surface area contributed by atoms with Gasteiger partial charge in [0.15, 0.2) is 0 Å². The monoisotopic (exact) mass is 455 g/mol. The first-order valence-corrected chi connectivity index (χ1v) is 11.5. The second kappa shape index (κ2) is 11.4. The van der Waals surface area contributed by atoms with Crippen LogP contribution in [0.2, 0.25) is 0 Å². The number of carbonyl (C=O) groups is 1. The SMILES string of the molecule is COc1ccc(C(=O)Nc2ccc(N3CCN(CC(O)CN4CCOCC4)CC3)nc2)cc1. The van der Waals surface area contributed by atoms with Gasteiger partial charge in [0.25, 0.3) is 5.91 Å². The Kier molecular flexibility index (Phi) is 8.11. The fourth-order valence-electron chi connectivity index (χ4n) is 4.19. The molecule has 1 atom stereocenters. The van der Waals surface area contributed by atoms with Crippen LogP contribution in [0.1, 0.15) is 10.4 Å². The first-order chi connectivity index (χ1) is 16.1. The molecular weight excluding hydrogens is 422 g/mol. The third kappa shape index (κ3) is 6.64. The van der Waals surface area contributed by atoms with Gasteiger partial charge in [-0.1, -0.05) is 0 Å². The molecule has 2 N–H and O–H groups in total. The molecule has 1 unspecified atom stereocenters. The number of anilines is 2. The molecule has 178 valence electrons. The van der Waals surface area contributed by atoms with E-state index in [4.69, 9.17) is 9.47 Å². The Labute approximate surface area is 194 Å². The van der Waals surface area contributed by atoms with Gasteiger partial charge in [-0.2, -0.15) is 0 Å². The van der Waals surface area contributed by atoms with Crippen molar-refractivity contribution in [3.05, 3.63) is 48.2 Å². The Morgan fingerprint density at radius 1 is 1.03 bits per heavy atom. The molecule has 3 heterocycles. The molecule has 0 spiro atoms. The van der Waals surface area contributed by atoms with Gasteiger partial charge >= 0.3 is 0 Å². The zero-order valence-electron chi connectivity index (χ0n) is 19.2. The smallest absolute Gasteiger partial charge is 0.255 e. The molecule has 33 heavy (non-hydrogen) atoms. The predicted octanol–water partition coefficient (Wildman–Crippen LogP) is 1.16. The van der Waals surface area contributed by atoms with Crippen molar-refractivity contribution in [1.82, 2.24) is 14.8 Å². The number of rotatable bonds is 8. The van der Waals surface area contributed by atoms with Crippen LogP contribution in [0.25, 0.3) is 0 Å². The molecule has 2 fully saturated rings. The highest BCUT2D eigenvalue weighted by Gasteiger charge is 2.22. The lowest BCUT2D eigenvalue weighted by Gasteiger charge is -2.37. The van der Waals surface area contributed by atoms with Gasteiger partial charge < -0.3 is 24.8 Å². The lowest BCUT2D eigenvalue weighted by atomic mass is 10.2. The van der Waals surface area contributed by atoms with E-state index < -0.39 is 0 Å². The van der Waals surface area contributed by atoms with E-state index in [1.54, 1.807) is 37.6 Å². The number of hydrogen-bond acceptors (Lipinski definition) is 8. The highest BCUT2D eigenvalue weighted by Crippen LogP contribution is 2.18. The number of piperazine rings is 1. The first kappa shape index (κ1) is 23.4. The van der Waals surface area contributed by atoms with Crippen LogP contribution in [0.5, 0.6) is 5.75 Å². The van der Waals surface area contributed by atoms with Gasteiger partial charge in [-0.15, -0.1) is 0 Å². The Hall–Kier alpha value is -2.72. The number of nitrogens with zero attached hydrogens (tertiary/aromatic N) is 4. The second-order valence-corrected chi connectivity index (χ2v) is 8.44. The van der Waals surface area contributed by atoms with Crippen LogP contribution in [0.3, 0.4) is 0 Å². The van der Waals surface area contributed by atoms with E-state index in [1.807, 2.05) is 12.1 Å². The van der Waals surface area contributed by atoms with Gasteiger partial charge in [0.2, 0.25) is 0 Å². The van der Waals surface area contributed by atoms with Crippen LogP contribution < -0.4 is 15.0 Å². The molecule has 9 heteroatoms. The van der Waals surface area contributed by atoms with Crippen LogP contribution in [-0.2, 0) is 4.74 Å². The fourth-order valence-corrected chi connectivity index (χ4v) is 4.19. The van der Waals surface area contributed by atoms with Gasteiger partial charge in [-0.3, -0.25) is 14.6 Å². The largest absolute Gasteiger partial charge is 0.497 e. The summed E-state index contributed by atoms with van der Waals surface area (Å²) in [6, 6.07) is 10.8. The molecule has 0 aliphatic carbocycles. The number of carbonyl (C=O) groups excluding carboxylic acids is 1. The number of pyridine rings is 1. The van der Waals surface area contributed by atoms with Crippen molar-refractivity contribution in [3.8, 4) is 5.75 Å². The molecular formula is C24H33N5O4. The molecule has 9 nitrogen and oxygen atoms in total. The predicted molar refractivity (Wildman–Crippen MR) is 127 cm³/mol. The second-order valence-electron chi connectivity index (χ2n) is 8.44. The summed E-state index contributed by atoms with van der Waals surface area (Å²) in [5.74, 6) is 1.42. The lowest BCUT2D eigenvalue weighted by Crippen LogP contribution is -2.51. The molecule has 2 aliphatic heterocycles. The average Bonchev–Trinajstić information content (AvgIpc) is 2.85. The van der Waals surface area contributed by atoms with E-state index in [2.05, 4.69) is 25.0 Å². The van der Waals surface area contributed by atoms with Crippen molar-refractivity contribution in [2.45, 2.75) is 6.10 Å². The Morgan fingerprint density at radius 3 is 2.30 bits per heavy atom. The topological polar surface area (TPSA) is 90.4 Å². The molecule has 2 aromatic rings. The van der Waals surface area contributed by atoms with Gasteiger partial charge in [0.05, 0.1) is 38.3 Å². The summed E-state index contributed by atoms with van der Waals surface area (Å²) in [4.78, 5) is 23.8. The van der Waals surface area contributed by atoms with Gasteiger partial charge in [0, 0.05) is 57.9 Å². The maximum atomic E-state index is 12.4. The number of benzene rings is 1. The Balaban J connectivity index is 1.22. The van der Waals surface area contributed by atoms with E-state index in [0.29, 0.717) is 30.1 Å². The summed E-state index contributed by atoms with van der Waals surface area (Å²) in [5, 5.41) is 13.3. The van der Waals surface area contributed by atoms with E-state index in [-0.39, 0.29) is 12.0 Å². The number of methoxy groups -OCH3 is 1. The van der Waals surface area contributed by atoms with Crippen LogP contribution >= 0.6 is 0 Å². The Morgan fingerprint density at radius 2 is 1.70 bits per heavy atom. The number of nitrogens with one attached hydrogen (secondary N) is 1. The van der Waals surface area contributed by atoms with Crippen molar-refractivity contribution >= 4 is 17.4 Å². The number of β-amino-alcohol motifs (C(OH)–C–C–N with tert-alkyl or cyclic N) is 1. The van der Waals surface area contributed by atoms with Crippen LogP contribution in [0.4, 0.5) is 11.5 Å². The van der Waals surface area contributed by atoms with Crippen molar-refractivity contribution in [2.24, 2.45) is 0 Å². The van der Waals surface area contributed by atoms with Gasteiger partial charge in [0.1, 0.15) is 11.6 Å². The van der Waals surface area contributed by atoms with Crippen LogP contribution in [-0.4, -0.2) is 105 Å². The molecule has 1 aromatic heterocycles. The quantitative estimate of drug-likeness (QED) is 0.613. The van der Waals surface area contributed by atoms with Crippen molar-refractivity contribution in [2.75, 3.05) is 82.9 Å². The summed E-state index contributed by atoms with van der Waals surface area (Å²) in [7, 11) is 1.60.